The molecule has 16 heavy (non-hydrogen) atoms. The van der Waals surface area contributed by atoms with Crippen molar-refractivity contribution in [2.45, 2.75) is 40.5 Å². The molecule has 0 saturated heterocycles. The van der Waals surface area contributed by atoms with Crippen molar-refractivity contribution in [2.75, 3.05) is 6.61 Å². The third kappa shape index (κ3) is 1.37. The second-order valence-electron chi connectivity index (χ2n) is 5.69. The minimum absolute atomic E-state index is 0.230. The van der Waals surface area contributed by atoms with Crippen LogP contribution in [0, 0.1) is 16.7 Å². The van der Waals surface area contributed by atoms with Crippen LogP contribution in [0.1, 0.15) is 40.5 Å². The zero-order chi connectivity index (χ0) is 12.0. The zero-order valence-electron chi connectivity index (χ0n) is 10.6. The minimum atomic E-state index is 0.230. The van der Waals surface area contributed by atoms with Gasteiger partial charge in [0, 0.05) is 11.0 Å². The molecule has 2 unspecified atom stereocenters. The lowest BCUT2D eigenvalue weighted by Gasteiger charge is -2.37. The molecule has 0 heterocycles. The molecular formula is C14H21ClO. The van der Waals surface area contributed by atoms with Crippen molar-refractivity contribution in [3.8, 4) is 0 Å². The van der Waals surface area contributed by atoms with Gasteiger partial charge < -0.3 is 4.74 Å². The fourth-order valence-electron chi connectivity index (χ4n) is 3.37. The molecule has 2 aliphatic rings. The SMILES string of the molecule is CCO/C(=C/Cl)C1=CC2CCC1(C)C2(C)C. The van der Waals surface area contributed by atoms with Crippen LogP contribution in [-0.2, 0) is 4.74 Å². The summed E-state index contributed by atoms with van der Waals surface area (Å²) in [6.45, 7) is 9.77. The van der Waals surface area contributed by atoms with Gasteiger partial charge in [-0.15, -0.1) is 0 Å². The lowest BCUT2D eigenvalue weighted by molar-refractivity contribution is 0.153. The van der Waals surface area contributed by atoms with E-state index in [-0.39, 0.29) is 5.41 Å². The number of rotatable bonds is 3. The molecule has 0 aliphatic heterocycles. The van der Waals surface area contributed by atoms with Gasteiger partial charge in [-0.25, -0.2) is 0 Å². The molecule has 1 saturated carbocycles. The van der Waals surface area contributed by atoms with Crippen molar-refractivity contribution in [3.63, 3.8) is 0 Å². The molecule has 0 aromatic rings. The van der Waals surface area contributed by atoms with Crippen LogP contribution in [0.25, 0.3) is 0 Å². The van der Waals surface area contributed by atoms with Gasteiger partial charge in [0.15, 0.2) is 0 Å². The van der Waals surface area contributed by atoms with Gasteiger partial charge >= 0.3 is 0 Å². The van der Waals surface area contributed by atoms with E-state index in [4.69, 9.17) is 16.3 Å². The molecule has 0 spiro atoms. The first kappa shape index (κ1) is 12.0. The number of hydrogen-bond donors (Lipinski definition) is 0. The second kappa shape index (κ2) is 3.80. The molecule has 0 amide bonds. The van der Waals surface area contributed by atoms with E-state index in [1.807, 2.05) is 6.92 Å². The number of halogens is 1. The van der Waals surface area contributed by atoms with Gasteiger partial charge in [-0.2, -0.15) is 0 Å². The predicted molar refractivity (Wildman–Crippen MR) is 68.3 cm³/mol. The first-order chi connectivity index (χ1) is 7.47. The highest BCUT2D eigenvalue weighted by molar-refractivity contribution is 6.25. The van der Waals surface area contributed by atoms with Gasteiger partial charge in [-0.3, -0.25) is 0 Å². The van der Waals surface area contributed by atoms with E-state index < -0.39 is 0 Å². The van der Waals surface area contributed by atoms with E-state index in [2.05, 4.69) is 26.8 Å². The molecule has 2 atom stereocenters. The van der Waals surface area contributed by atoms with E-state index in [0.717, 1.165) is 5.76 Å². The zero-order valence-corrected chi connectivity index (χ0v) is 11.4. The number of hydrogen-bond acceptors (Lipinski definition) is 1. The Morgan fingerprint density at radius 2 is 2.25 bits per heavy atom. The van der Waals surface area contributed by atoms with Crippen LogP contribution >= 0.6 is 11.6 Å². The van der Waals surface area contributed by atoms with E-state index in [0.29, 0.717) is 17.9 Å². The van der Waals surface area contributed by atoms with Crippen LogP contribution in [0.15, 0.2) is 22.9 Å². The average Bonchev–Trinajstić information content (AvgIpc) is 2.58. The first-order valence-electron chi connectivity index (χ1n) is 6.13. The average molecular weight is 241 g/mol. The molecule has 0 N–H and O–H groups in total. The van der Waals surface area contributed by atoms with Crippen molar-refractivity contribution in [1.82, 2.24) is 0 Å². The molecule has 1 fully saturated rings. The molecule has 2 bridgehead atoms. The third-order valence-corrected chi connectivity index (χ3v) is 5.13. The van der Waals surface area contributed by atoms with Crippen molar-refractivity contribution in [3.05, 3.63) is 22.9 Å². The van der Waals surface area contributed by atoms with Crippen molar-refractivity contribution < 1.29 is 4.74 Å². The third-order valence-electron chi connectivity index (χ3n) is 4.93. The van der Waals surface area contributed by atoms with Crippen LogP contribution in [0.3, 0.4) is 0 Å². The summed E-state index contributed by atoms with van der Waals surface area (Å²) in [5, 5.41) is 0. The molecular weight excluding hydrogens is 220 g/mol. The Morgan fingerprint density at radius 1 is 1.56 bits per heavy atom. The van der Waals surface area contributed by atoms with E-state index >= 15 is 0 Å². The molecule has 90 valence electrons. The minimum Gasteiger partial charge on any atom is -0.493 e. The molecule has 1 nitrogen and oxygen atoms in total. The van der Waals surface area contributed by atoms with E-state index in [1.54, 1.807) is 5.54 Å². The summed E-state index contributed by atoms with van der Waals surface area (Å²) in [4.78, 5) is 0. The summed E-state index contributed by atoms with van der Waals surface area (Å²) < 4.78 is 5.65. The van der Waals surface area contributed by atoms with Gasteiger partial charge in [0.2, 0.25) is 0 Å². The van der Waals surface area contributed by atoms with Crippen LogP contribution in [0.5, 0.6) is 0 Å². The molecule has 0 aromatic heterocycles. The Labute approximate surface area is 104 Å². The standard InChI is InChI=1S/C14H21ClO/c1-5-16-12(9-15)11-8-10-6-7-14(11,4)13(10,2)3/h8-10H,5-7H2,1-4H3/b12-9+. The fourth-order valence-corrected chi connectivity index (χ4v) is 3.55. The van der Waals surface area contributed by atoms with Crippen LogP contribution in [0.2, 0.25) is 0 Å². The first-order valence-corrected chi connectivity index (χ1v) is 6.57. The Morgan fingerprint density at radius 3 is 2.62 bits per heavy atom. The Hall–Kier alpha value is -0.430. The van der Waals surface area contributed by atoms with Crippen LogP contribution in [-0.4, -0.2) is 6.61 Å². The van der Waals surface area contributed by atoms with Gasteiger partial charge in [0.05, 0.1) is 6.61 Å². The summed E-state index contributed by atoms with van der Waals surface area (Å²) >= 11 is 5.89. The molecule has 2 rings (SSSR count). The maximum absolute atomic E-state index is 5.89. The molecule has 2 heteroatoms. The number of allylic oxidation sites excluding steroid dienone is 2. The largest absolute Gasteiger partial charge is 0.493 e. The maximum Gasteiger partial charge on any atom is 0.133 e. The van der Waals surface area contributed by atoms with Gasteiger partial charge in [0.25, 0.3) is 0 Å². The summed E-state index contributed by atoms with van der Waals surface area (Å²) in [5.41, 5.74) is 3.49. The summed E-state index contributed by atoms with van der Waals surface area (Å²) in [7, 11) is 0. The number of ether oxygens (including phenoxy) is 1. The lowest BCUT2D eigenvalue weighted by Crippen LogP contribution is -2.30. The van der Waals surface area contributed by atoms with Gasteiger partial charge in [0.1, 0.15) is 5.76 Å². The van der Waals surface area contributed by atoms with Crippen LogP contribution < -0.4 is 0 Å². The highest BCUT2D eigenvalue weighted by Gasteiger charge is 2.57. The topological polar surface area (TPSA) is 9.23 Å². The fraction of sp³-hybridized carbons (Fsp3) is 0.714. The Bertz CT molecular complexity index is 354. The molecule has 2 aliphatic carbocycles. The summed E-state index contributed by atoms with van der Waals surface area (Å²) in [5.74, 6) is 1.56. The Kier molecular flexibility index (Phi) is 2.86. The van der Waals surface area contributed by atoms with E-state index in [1.165, 1.54) is 18.4 Å². The van der Waals surface area contributed by atoms with Crippen molar-refractivity contribution >= 4 is 11.6 Å². The highest BCUT2D eigenvalue weighted by Crippen LogP contribution is 2.66. The smallest absolute Gasteiger partial charge is 0.133 e. The number of fused-ring (bicyclic) bond motifs is 2. The van der Waals surface area contributed by atoms with Gasteiger partial charge in [-0.05, 0) is 36.7 Å². The molecule has 0 aromatic carbocycles. The van der Waals surface area contributed by atoms with Crippen molar-refractivity contribution in [1.29, 1.82) is 0 Å². The lowest BCUT2D eigenvalue weighted by atomic mass is 9.67. The monoisotopic (exact) mass is 240 g/mol. The quantitative estimate of drug-likeness (QED) is 0.661. The van der Waals surface area contributed by atoms with Crippen molar-refractivity contribution in [2.24, 2.45) is 16.7 Å². The summed E-state index contributed by atoms with van der Waals surface area (Å²) in [6, 6.07) is 0. The maximum atomic E-state index is 5.89. The molecule has 0 radical (unpaired) electrons. The normalized spacial score (nSPS) is 36.4. The van der Waals surface area contributed by atoms with Gasteiger partial charge in [-0.1, -0.05) is 38.4 Å². The Balaban J connectivity index is 2.36. The van der Waals surface area contributed by atoms with E-state index in [9.17, 15) is 0 Å². The second-order valence-corrected chi connectivity index (χ2v) is 5.90. The van der Waals surface area contributed by atoms with Crippen LogP contribution in [0.4, 0.5) is 0 Å². The predicted octanol–water partition coefficient (Wildman–Crippen LogP) is 4.49. The highest BCUT2D eigenvalue weighted by atomic mass is 35.5. The summed E-state index contributed by atoms with van der Waals surface area (Å²) in [6.07, 6.45) is 4.93.